The van der Waals surface area contributed by atoms with Crippen LogP contribution in [0.15, 0.2) is 59.8 Å². The first-order valence-electron chi connectivity index (χ1n) is 21.2. The van der Waals surface area contributed by atoms with E-state index in [2.05, 4.69) is 46.1 Å². The summed E-state index contributed by atoms with van der Waals surface area (Å²) in [5.74, 6) is -1.14. The van der Waals surface area contributed by atoms with Crippen molar-refractivity contribution in [3.8, 4) is 21.8 Å². The number of aromatic nitrogens is 8. The average molecular weight is 906 g/mol. The van der Waals surface area contributed by atoms with E-state index < -0.39 is 5.91 Å². The standard InChI is InChI=1S/C24H26N6O4S.C20H21N5O3S/c31-20-2-1-8-26-21(32)4-3-16-12-15(5-9-25-16)24-28-19(14-35-24)23(33)27-18-13-30(29-22(18)20)17-6-10-34-11-7-17;1-25-11-15-18(24-25)17(26)5-3-9-28-8-2-4-14-10-13(6-7-21-14)16-12-29-20(23-16)19(27)22-15/h5,9,12-14,17H,1-4,6-8,10-11H2,(H,26,32)(H,27,33);6-7,10-12H,2-5,8-9H2,1H3,(H,22,27). The van der Waals surface area contributed by atoms with Crippen LogP contribution in [0.4, 0.5) is 11.4 Å². The Morgan fingerprint density at radius 1 is 0.656 bits per heavy atom. The Morgan fingerprint density at radius 3 is 2.09 bits per heavy atom. The van der Waals surface area contributed by atoms with Gasteiger partial charge >= 0.3 is 0 Å². The maximum absolute atomic E-state index is 13.1. The molecule has 6 aromatic rings. The third-order valence-corrected chi connectivity index (χ3v) is 12.4. The minimum Gasteiger partial charge on any atom is -0.381 e. The first kappa shape index (κ1) is 44.3. The quantitative estimate of drug-likeness (QED) is 0.169. The number of aryl methyl sites for hydroxylation is 3. The third-order valence-electron chi connectivity index (χ3n) is 10.7. The molecule has 20 heteroatoms. The van der Waals surface area contributed by atoms with E-state index in [-0.39, 0.29) is 52.9 Å². The summed E-state index contributed by atoms with van der Waals surface area (Å²) >= 11 is 2.61. The summed E-state index contributed by atoms with van der Waals surface area (Å²) in [6.07, 6.45) is 12.4. The van der Waals surface area contributed by atoms with Crippen molar-refractivity contribution in [1.29, 1.82) is 0 Å². The van der Waals surface area contributed by atoms with Crippen LogP contribution in [0.2, 0.25) is 0 Å². The van der Waals surface area contributed by atoms with Gasteiger partial charge in [-0.05, 0) is 69.2 Å². The van der Waals surface area contributed by atoms with Crippen LogP contribution in [-0.4, -0.2) is 102 Å². The molecule has 3 N–H and O–H groups in total. The molecule has 9 heterocycles. The van der Waals surface area contributed by atoms with Gasteiger partial charge in [0.25, 0.3) is 11.8 Å². The molecule has 1 saturated heterocycles. The predicted molar refractivity (Wildman–Crippen MR) is 239 cm³/mol. The molecule has 3 aliphatic rings. The van der Waals surface area contributed by atoms with Crippen LogP contribution in [0, 0.1) is 0 Å². The molecule has 64 heavy (non-hydrogen) atoms. The van der Waals surface area contributed by atoms with Gasteiger partial charge in [-0.1, -0.05) is 0 Å². The minimum atomic E-state index is -0.393. The molecular formula is C44H47N11O7S2. The van der Waals surface area contributed by atoms with Crippen molar-refractivity contribution < 1.29 is 33.4 Å². The van der Waals surface area contributed by atoms with Gasteiger partial charge in [0.15, 0.2) is 28.0 Å². The van der Waals surface area contributed by atoms with E-state index in [1.54, 1.807) is 41.9 Å². The fraction of sp³-hybridized carbons (Fsp3) is 0.386. The summed E-state index contributed by atoms with van der Waals surface area (Å²) in [7, 11) is 1.72. The number of pyridine rings is 2. The van der Waals surface area contributed by atoms with E-state index in [4.69, 9.17) is 9.47 Å². The number of thiazole rings is 2. The molecule has 3 amide bonds. The summed E-state index contributed by atoms with van der Waals surface area (Å²) in [4.78, 5) is 81.3. The number of Topliss-reactive ketones (excluding diaryl/α,β-unsaturated/α-hetero) is 2. The predicted octanol–water partition coefficient (Wildman–Crippen LogP) is 6.15. The lowest BCUT2D eigenvalue weighted by Gasteiger charge is -2.22. The van der Waals surface area contributed by atoms with Crippen molar-refractivity contribution in [2.45, 2.75) is 70.3 Å². The molecule has 0 atom stereocenters. The number of nitrogens with one attached hydrogen (secondary N) is 3. The number of hydrogen-bond acceptors (Lipinski definition) is 15. The number of carbonyl (C=O) groups excluding carboxylic acids is 5. The van der Waals surface area contributed by atoms with Crippen LogP contribution in [0.1, 0.15) is 110 Å². The van der Waals surface area contributed by atoms with Gasteiger partial charge in [0.05, 0.1) is 23.1 Å². The van der Waals surface area contributed by atoms with Crippen LogP contribution in [0.25, 0.3) is 21.8 Å². The van der Waals surface area contributed by atoms with E-state index in [0.717, 1.165) is 53.9 Å². The Kier molecular flexibility index (Phi) is 14.4. The molecule has 332 valence electrons. The van der Waals surface area contributed by atoms with Crippen molar-refractivity contribution in [2.75, 3.05) is 43.6 Å². The summed E-state index contributed by atoms with van der Waals surface area (Å²) in [5, 5.41) is 21.8. The molecule has 0 radical (unpaired) electrons. The van der Waals surface area contributed by atoms with E-state index in [1.807, 2.05) is 29.6 Å². The topological polar surface area (TPSA) is 227 Å². The molecule has 0 spiro atoms. The molecular weight excluding hydrogens is 859 g/mol. The lowest BCUT2D eigenvalue weighted by molar-refractivity contribution is -0.121. The number of amides is 3. The van der Waals surface area contributed by atoms with Crippen molar-refractivity contribution in [3.63, 3.8) is 0 Å². The zero-order valence-electron chi connectivity index (χ0n) is 35.2. The SMILES string of the molecule is Cn1cc2c(n1)C(=O)CCCOCCCc1cc(ccn1)-c1csc(n1)C(=O)N2.O=C1CCc2cc(ccn2)-c2nc(cs2)C(=O)Nc2cn(C3CCOCC3)nc2C(=O)CCCN1. The number of anilines is 2. The van der Waals surface area contributed by atoms with Gasteiger partial charge in [0, 0.05) is 117 Å². The first-order chi connectivity index (χ1) is 31.2. The molecule has 18 nitrogen and oxygen atoms in total. The van der Waals surface area contributed by atoms with Crippen LogP contribution in [0.3, 0.4) is 0 Å². The smallest absolute Gasteiger partial charge is 0.284 e. The summed E-state index contributed by atoms with van der Waals surface area (Å²) in [6, 6.07) is 7.71. The van der Waals surface area contributed by atoms with E-state index >= 15 is 0 Å². The molecule has 9 rings (SSSR count). The van der Waals surface area contributed by atoms with Crippen molar-refractivity contribution in [1.82, 2.24) is 44.8 Å². The number of carbonyl (C=O) groups is 5. The maximum Gasteiger partial charge on any atom is 0.284 e. The summed E-state index contributed by atoms with van der Waals surface area (Å²) in [6.45, 7) is 2.78. The lowest BCUT2D eigenvalue weighted by Crippen LogP contribution is -2.25. The number of rotatable bonds is 1. The third kappa shape index (κ3) is 11.2. The fourth-order valence-corrected chi connectivity index (χ4v) is 8.87. The summed E-state index contributed by atoms with van der Waals surface area (Å²) < 4.78 is 14.4. The highest BCUT2D eigenvalue weighted by Gasteiger charge is 2.25. The van der Waals surface area contributed by atoms with Gasteiger partial charge in [0.1, 0.15) is 10.7 Å². The molecule has 0 unspecified atom stereocenters. The second-order valence-corrected chi connectivity index (χ2v) is 17.2. The zero-order valence-corrected chi connectivity index (χ0v) is 36.8. The minimum absolute atomic E-state index is 0.0842. The van der Waals surface area contributed by atoms with Gasteiger partial charge in [-0.2, -0.15) is 10.2 Å². The Bertz CT molecular complexity index is 2650. The maximum atomic E-state index is 13.1. The average Bonchev–Trinajstić information content (AvgIpc) is 4.14. The summed E-state index contributed by atoms with van der Waals surface area (Å²) in [5.41, 5.74) is 5.74. The van der Waals surface area contributed by atoms with E-state index in [0.29, 0.717) is 86.5 Å². The van der Waals surface area contributed by atoms with Crippen LogP contribution < -0.4 is 16.0 Å². The normalized spacial score (nSPS) is 17.2. The number of fused-ring (bicyclic) bond motifs is 12. The highest BCUT2D eigenvalue weighted by Crippen LogP contribution is 2.29. The molecule has 6 aromatic heterocycles. The molecule has 1 fully saturated rings. The van der Waals surface area contributed by atoms with Gasteiger partial charge in [0.2, 0.25) is 5.91 Å². The second kappa shape index (κ2) is 20.9. The Hall–Kier alpha value is -6.35. The highest BCUT2D eigenvalue weighted by molar-refractivity contribution is 7.13. The van der Waals surface area contributed by atoms with Gasteiger partial charge in [-0.3, -0.25) is 43.3 Å². The highest BCUT2D eigenvalue weighted by atomic mass is 32.1. The monoisotopic (exact) mass is 905 g/mol. The van der Waals surface area contributed by atoms with Gasteiger partial charge in [-0.15, -0.1) is 22.7 Å². The second-order valence-electron chi connectivity index (χ2n) is 15.5. The van der Waals surface area contributed by atoms with Crippen molar-refractivity contribution >= 4 is 63.3 Å². The van der Waals surface area contributed by atoms with Crippen molar-refractivity contribution in [3.05, 3.63) is 93.3 Å². The zero-order chi connectivity index (χ0) is 44.4. The van der Waals surface area contributed by atoms with Crippen LogP contribution in [0.5, 0.6) is 0 Å². The number of hydrogen-bond donors (Lipinski definition) is 3. The largest absolute Gasteiger partial charge is 0.381 e. The Balaban J connectivity index is 0.000000178. The van der Waals surface area contributed by atoms with Crippen molar-refractivity contribution in [2.24, 2.45) is 7.05 Å². The molecule has 8 bridgehead atoms. The van der Waals surface area contributed by atoms with Gasteiger partial charge in [-0.25, -0.2) is 9.97 Å². The Morgan fingerprint density at radius 2 is 1.28 bits per heavy atom. The number of ketones is 2. The molecule has 0 saturated carbocycles. The van der Waals surface area contributed by atoms with Gasteiger partial charge < -0.3 is 25.4 Å². The first-order valence-corrected chi connectivity index (χ1v) is 23.0. The molecule has 0 aromatic carbocycles. The molecule has 3 aliphatic heterocycles. The fourth-order valence-electron chi connectivity index (χ4n) is 7.35. The van der Waals surface area contributed by atoms with Crippen LogP contribution in [-0.2, 0) is 34.2 Å². The van der Waals surface area contributed by atoms with E-state index in [9.17, 15) is 24.0 Å². The number of ether oxygens (including phenoxy) is 2. The van der Waals surface area contributed by atoms with Crippen LogP contribution >= 0.6 is 22.7 Å². The Labute approximate surface area is 376 Å². The molecule has 0 aliphatic carbocycles. The lowest BCUT2D eigenvalue weighted by atomic mass is 10.1. The number of nitrogens with zero attached hydrogens (tertiary/aromatic N) is 8. The van der Waals surface area contributed by atoms with E-state index in [1.165, 1.54) is 27.4 Å².